The van der Waals surface area contributed by atoms with Crippen molar-refractivity contribution in [1.82, 2.24) is 20.2 Å². The first kappa shape index (κ1) is 21.9. The van der Waals surface area contributed by atoms with Gasteiger partial charge in [0.25, 0.3) is 11.8 Å². The number of likely N-dealkylation sites (N-methyl/N-ethyl adjacent to an activating group) is 1. The van der Waals surface area contributed by atoms with Crippen LogP contribution in [0.4, 0.5) is 0 Å². The van der Waals surface area contributed by atoms with Gasteiger partial charge in [-0.2, -0.15) is 5.10 Å². The Morgan fingerprint density at radius 1 is 1.31 bits per heavy atom. The minimum Gasteiger partial charge on any atom is -0.493 e. The Hall–Kier alpha value is -3.39. The molecule has 0 aliphatic heterocycles. The zero-order valence-electron chi connectivity index (χ0n) is 16.7. The molecular formula is C21H26N4O4. The smallest absolute Gasteiger partial charge is 0.270 e. The Morgan fingerprint density at radius 3 is 2.79 bits per heavy atom. The summed E-state index contributed by atoms with van der Waals surface area (Å²) in [5.74, 6) is -0.165. The zero-order chi connectivity index (χ0) is 21.2. The van der Waals surface area contributed by atoms with Crippen molar-refractivity contribution in [3.05, 3.63) is 67.5 Å². The molecule has 8 nitrogen and oxygen atoms in total. The van der Waals surface area contributed by atoms with Crippen LogP contribution in [0.2, 0.25) is 0 Å². The fourth-order valence-electron chi connectivity index (χ4n) is 2.58. The van der Waals surface area contributed by atoms with Crippen molar-refractivity contribution >= 4 is 11.8 Å². The summed E-state index contributed by atoms with van der Waals surface area (Å²) in [5, 5.41) is 8.02. The second-order valence-corrected chi connectivity index (χ2v) is 6.12. The van der Waals surface area contributed by atoms with Crippen LogP contribution in [-0.2, 0) is 9.63 Å². The molecule has 29 heavy (non-hydrogen) atoms. The third-order valence-corrected chi connectivity index (χ3v) is 4.12. The van der Waals surface area contributed by atoms with Gasteiger partial charge < -0.3 is 10.1 Å². The van der Waals surface area contributed by atoms with Crippen molar-refractivity contribution < 1.29 is 19.2 Å². The van der Waals surface area contributed by atoms with Gasteiger partial charge in [0, 0.05) is 13.1 Å². The van der Waals surface area contributed by atoms with E-state index in [4.69, 9.17) is 9.57 Å². The predicted molar refractivity (Wildman–Crippen MR) is 110 cm³/mol. The summed E-state index contributed by atoms with van der Waals surface area (Å²) in [6.45, 7) is 7.82. The number of benzene rings is 1. The van der Waals surface area contributed by atoms with Crippen molar-refractivity contribution in [3.8, 4) is 11.4 Å². The van der Waals surface area contributed by atoms with Gasteiger partial charge in [-0.1, -0.05) is 18.2 Å². The summed E-state index contributed by atoms with van der Waals surface area (Å²) in [5.41, 5.74) is 0.951. The maximum absolute atomic E-state index is 12.8. The highest BCUT2D eigenvalue weighted by Crippen LogP contribution is 2.18. The molecular weight excluding hydrogens is 372 g/mol. The van der Waals surface area contributed by atoms with Gasteiger partial charge in [0.1, 0.15) is 17.5 Å². The lowest BCUT2D eigenvalue weighted by Crippen LogP contribution is -2.47. The monoisotopic (exact) mass is 398 g/mol. The second-order valence-electron chi connectivity index (χ2n) is 6.12. The number of aromatic nitrogens is 2. The summed E-state index contributed by atoms with van der Waals surface area (Å²) in [6, 6.07) is 8.03. The number of rotatable bonds is 11. The van der Waals surface area contributed by atoms with E-state index in [2.05, 4.69) is 23.6 Å². The van der Waals surface area contributed by atoms with Crippen LogP contribution in [-0.4, -0.2) is 53.5 Å². The SMILES string of the molecule is C=CCCOc1cccc(-n2nccc2C(=O)N[C@@H](CC=C)C(=O)N(C)OC)c1. The van der Waals surface area contributed by atoms with Crippen LogP contribution in [0.1, 0.15) is 23.3 Å². The molecule has 0 saturated carbocycles. The second kappa shape index (κ2) is 10.8. The molecule has 0 spiro atoms. The zero-order valence-corrected chi connectivity index (χ0v) is 16.7. The molecule has 0 unspecified atom stereocenters. The molecule has 2 rings (SSSR count). The van der Waals surface area contributed by atoms with E-state index >= 15 is 0 Å². The normalized spacial score (nSPS) is 11.4. The van der Waals surface area contributed by atoms with Crippen molar-refractivity contribution in [1.29, 1.82) is 0 Å². The van der Waals surface area contributed by atoms with Crippen LogP contribution in [0, 0.1) is 0 Å². The van der Waals surface area contributed by atoms with E-state index in [1.54, 1.807) is 24.3 Å². The first-order valence-electron chi connectivity index (χ1n) is 9.13. The molecule has 1 atom stereocenters. The Kier molecular flexibility index (Phi) is 8.17. The van der Waals surface area contributed by atoms with Crippen LogP contribution in [0.15, 0.2) is 61.8 Å². The predicted octanol–water partition coefficient (Wildman–Crippen LogP) is 2.52. The first-order chi connectivity index (χ1) is 14.0. The average Bonchev–Trinajstić information content (AvgIpc) is 3.23. The van der Waals surface area contributed by atoms with Gasteiger partial charge in [0.15, 0.2) is 0 Å². The van der Waals surface area contributed by atoms with Crippen molar-refractivity contribution in [3.63, 3.8) is 0 Å². The number of nitrogens with one attached hydrogen (secondary N) is 1. The summed E-state index contributed by atoms with van der Waals surface area (Å²) in [6.07, 6.45) is 5.86. The minimum absolute atomic E-state index is 0.263. The topological polar surface area (TPSA) is 85.7 Å². The summed E-state index contributed by atoms with van der Waals surface area (Å²) < 4.78 is 7.16. The van der Waals surface area contributed by atoms with Crippen LogP contribution >= 0.6 is 0 Å². The van der Waals surface area contributed by atoms with Crippen LogP contribution in [0.25, 0.3) is 5.69 Å². The van der Waals surface area contributed by atoms with Gasteiger partial charge in [0.05, 0.1) is 25.6 Å². The Balaban J connectivity index is 2.21. The third-order valence-electron chi connectivity index (χ3n) is 4.12. The van der Waals surface area contributed by atoms with E-state index in [0.717, 1.165) is 11.5 Å². The number of hydrogen-bond donors (Lipinski definition) is 1. The lowest BCUT2D eigenvalue weighted by Gasteiger charge is -2.22. The van der Waals surface area contributed by atoms with Crippen LogP contribution in [0.3, 0.4) is 0 Å². The molecule has 1 heterocycles. The van der Waals surface area contributed by atoms with Crippen molar-refractivity contribution in [2.45, 2.75) is 18.9 Å². The van der Waals surface area contributed by atoms with E-state index < -0.39 is 11.9 Å². The average molecular weight is 398 g/mol. The van der Waals surface area contributed by atoms with Gasteiger partial charge in [-0.3, -0.25) is 14.4 Å². The number of carbonyl (C=O) groups excluding carboxylic acids is 2. The number of hydrogen-bond acceptors (Lipinski definition) is 5. The van der Waals surface area contributed by atoms with Gasteiger partial charge in [-0.15, -0.1) is 13.2 Å². The molecule has 0 fully saturated rings. The minimum atomic E-state index is -0.804. The molecule has 1 N–H and O–H groups in total. The molecule has 2 amide bonds. The Morgan fingerprint density at radius 2 is 2.10 bits per heavy atom. The largest absolute Gasteiger partial charge is 0.493 e. The van der Waals surface area contributed by atoms with Crippen molar-refractivity contribution in [2.75, 3.05) is 20.8 Å². The number of amides is 2. The molecule has 154 valence electrons. The fraction of sp³-hybridized carbons (Fsp3) is 0.286. The lowest BCUT2D eigenvalue weighted by atomic mass is 10.2. The highest BCUT2D eigenvalue weighted by molar-refractivity contribution is 5.96. The molecule has 8 heteroatoms. The Bertz CT molecular complexity index is 862. The Labute approximate surface area is 170 Å². The molecule has 1 aromatic carbocycles. The molecule has 0 aliphatic rings. The van der Waals surface area contributed by atoms with Crippen LogP contribution in [0.5, 0.6) is 5.75 Å². The number of ether oxygens (including phenoxy) is 1. The van der Waals surface area contributed by atoms with Gasteiger partial charge >= 0.3 is 0 Å². The lowest BCUT2D eigenvalue weighted by molar-refractivity contribution is -0.170. The molecule has 0 saturated heterocycles. The standard InChI is InChI=1S/C21H26N4O4/c1-5-7-14-29-17-11-8-10-16(15-17)25-19(12-13-22-25)20(26)23-18(9-6-2)21(27)24(3)28-4/h5-6,8,10-13,15,18H,1-2,7,9,14H2,3-4H3,(H,23,26)/t18-/m0/s1. The van der Waals surface area contributed by atoms with E-state index in [1.165, 1.54) is 25.0 Å². The van der Waals surface area contributed by atoms with Gasteiger partial charge in [0.2, 0.25) is 0 Å². The van der Waals surface area contributed by atoms with E-state index in [-0.39, 0.29) is 18.0 Å². The highest BCUT2D eigenvalue weighted by Gasteiger charge is 2.25. The van der Waals surface area contributed by atoms with Crippen molar-refractivity contribution in [2.24, 2.45) is 0 Å². The van der Waals surface area contributed by atoms with E-state index in [9.17, 15) is 9.59 Å². The van der Waals surface area contributed by atoms with E-state index in [1.807, 2.05) is 18.2 Å². The molecule has 0 bridgehead atoms. The molecule has 0 aliphatic carbocycles. The molecule has 0 radical (unpaired) electrons. The first-order valence-corrected chi connectivity index (χ1v) is 9.13. The van der Waals surface area contributed by atoms with Gasteiger partial charge in [-0.25, -0.2) is 9.75 Å². The number of hydroxylamine groups is 2. The molecule has 1 aromatic heterocycles. The highest BCUT2D eigenvalue weighted by atomic mass is 16.7. The van der Waals surface area contributed by atoms with Gasteiger partial charge in [-0.05, 0) is 31.0 Å². The fourth-order valence-corrected chi connectivity index (χ4v) is 2.58. The summed E-state index contributed by atoms with van der Waals surface area (Å²) >= 11 is 0. The summed E-state index contributed by atoms with van der Waals surface area (Å²) in [7, 11) is 2.86. The maximum atomic E-state index is 12.8. The number of nitrogens with zero attached hydrogens (tertiary/aromatic N) is 3. The number of carbonyl (C=O) groups is 2. The van der Waals surface area contributed by atoms with Crippen LogP contribution < -0.4 is 10.1 Å². The quantitative estimate of drug-likeness (QED) is 0.357. The third kappa shape index (κ3) is 5.79. The van der Waals surface area contributed by atoms with E-state index in [0.29, 0.717) is 18.0 Å². The molecule has 2 aromatic rings. The summed E-state index contributed by atoms with van der Waals surface area (Å²) in [4.78, 5) is 30.1. The maximum Gasteiger partial charge on any atom is 0.270 e.